The van der Waals surface area contributed by atoms with Gasteiger partial charge in [-0.25, -0.2) is 8.78 Å². The molecule has 1 aliphatic rings. The highest BCUT2D eigenvalue weighted by atomic mass is 19.1. The lowest BCUT2D eigenvalue weighted by molar-refractivity contribution is -0.122. The van der Waals surface area contributed by atoms with Gasteiger partial charge < -0.3 is 10.6 Å². The molecule has 2 rings (SSSR count). The van der Waals surface area contributed by atoms with Crippen LogP contribution >= 0.6 is 0 Å². The van der Waals surface area contributed by atoms with Gasteiger partial charge in [-0.2, -0.15) is 0 Å². The lowest BCUT2D eigenvalue weighted by atomic mass is 10.1. The van der Waals surface area contributed by atoms with Gasteiger partial charge in [0.1, 0.15) is 11.6 Å². The van der Waals surface area contributed by atoms with Gasteiger partial charge in [0.25, 0.3) is 0 Å². The lowest BCUT2D eigenvalue weighted by Gasteiger charge is -2.17. The van der Waals surface area contributed by atoms with Crippen molar-refractivity contribution < 1.29 is 13.6 Å². The zero-order valence-corrected chi connectivity index (χ0v) is 10.9. The molecule has 2 unspecified atom stereocenters. The normalized spacial score (nSPS) is 20.3. The molecule has 2 atom stereocenters. The minimum Gasteiger partial charge on any atom is -0.349 e. The molecular weight excluding hydrogens is 250 g/mol. The molecule has 0 aliphatic carbocycles. The molecule has 1 aromatic carbocycles. The van der Waals surface area contributed by atoms with E-state index in [-0.39, 0.29) is 17.5 Å². The summed E-state index contributed by atoms with van der Waals surface area (Å²) in [6.45, 7) is 2.59. The number of amides is 1. The van der Waals surface area contributed by atoms with Crippen LogP contribution in [0.1, 0.15) is 37.8 Å². The molecule has 5 heteroatoms. The van der Waals surface area contributed by atoms with Crippen LogP contribution in [0.2, 0.25) is 0 Å². The smallest absolute Gasteiger partial charge is 0.222 e. The summed E-state index contributed by atoms with van der Waals surface area (Å²) in [7, 11) is 0. The van der Waals surface area contributed by atoms with Crippen LogP contribution in [0.15, 0.2) is 18.2 Å². The molecule has 3 nitrogen and oxygen atoms in total. The molecule has 104 valence electrons. The number of nitrogens with one attached hydrogen (secondary N) is 2. The van der Waals surface area contributed by atoms with E-state index in [4.69, 9.17) is 0 Å². The van der Waals surface area contributed by atoms with E-state index in [0.717, 1.165) is 37.6 Å². The number of benzene rings is 1. The minimum atomic E-state index is -0.537. The van der Waals surface area contributed by atoms with Crippen molar-refractivity contribution in [3.63, 3.8) is 0 Å². The largest absolute Gasteiger partial charge is 0.349 e. The molecule has 1 aliphatic heterocycles. The fourth-order valence-electron chi connectivity index (χ4n) is 2.38. The summed E-state index contributed by atoms with van der Waals surface area (Å²) in [5.41, 5.74) is 0.174. The molecule has 1 heterocycles. The van der Waals surface area contributed by atoms with Crippen LogP contribution in [0.3, 0.4) is 0 Å². The number of carbonyl (C=O) groups excluding carboxylic acids is 1. The SMILES string of the molecule is CC(NC(=O)CC1CCCN1)c1cc(F)ccc1F. The van der Waals surface area contributed by atoms with Crippen molar-refractivity contribution in [3.8, 4) is 0 Å². The second kappa shape index (κ2) is 6.10. The third kappa shape index (κ3) is 3.73. The Balaban J connectivity index is 1.94. The highest BCUT2D eigenvalue weighted by Crippen LogP contribution is 2.18. The first-order chi connectivity index (χ1) is 9.06. The second-order valence-corrected chi connectivity index (χ2v) is 4.95. The minimum absolute atomic E-state index is 0.143. The summed E-state index contributed by atoms with van der Waals surface area (Å²) >= 11 is 0. The molecule has 0 aromatic heterocycles. The standard InChI is InChI=1S/C14H18F2N2O/c1-9(12-7-10(15)4-5-13(12)16)18-14(19)8-11-3-2-6-17-11/h4-5,7,9,11,17H,2-3,6,8H2,1H3,(H,18,19). The van der Waals surface area contributed by atoms with Crippen LogP contribution < -0.4 is 10.6 Å². The molecule has 1 amide bonds. The molecule has 0 saturated carbocycles. The van der Waals surface area contributed by atoms with E-state index in [1.807, 2.05) is 0 Å². The first kappa shape index (κ1) is 13.9. The molecule has 19 heavy (non-hydrogen) atoms. The van der Waals surface area contributed by atoms with Crippen molar-refractivity contribution in [2.45, 2.75) is 38.3 Å². The highest BCUT2D eigenvalue weighted by molar-refractivity contribution is 5.77. The average molecular weight is 268 g/mol. The van der Waals surface area contributed by atoms with E-state index in [0.29, 0.717) is 6.42 Å². The van der Waals surface area contributed by atoms with Crippen LogP contribution in [0.4, 0.5) is 8.78 Å². The van der Waals surface area contributed by atoms with Gasteiger partial charge in [0, 0.05) is 18.0 Å². The molecule has 0 radical (unpaired) electrons. The molecule has 1 aromatic rings. The van der Waals surface area contributed by atoms with E-state index in [1.165, 1.54) is 0 Å². The maximum Gasteiger partial charge on any atom is 0.222 e. The average Bonchev–Trinajstić information content (AvgIpc) is 2.84. The monoisotopic (exact) mass is 268 g/mol. The Morgan fingerprint density at radius 1 is 1.53 bits per heavy atom. The predicted octanol–water partition coefficient (Wildman–Crippen LogP) is 2.28. The highest BCUT2D eigenvalue weighted by Gasteiger charge is 2.20. The maximum atomic E-state index is 13.5. The van der Waals surface area contributed by atoms with Crippen LogP contribution in [-0.2, 0) is 4.79 Å². The number of hydrogen-bond acceptors (Lipinski definition) is 2. The van der Waals surface area contributed by atoms with Crippen LogP contribution in [-0.4, -0.2) is 18.5 Å². The zero-order valence-electron chi connectivity index (χ0n) is 10.9. The quantitative estimate of drug-likeness (QED) is 0.879. The predicted molar refractivity (Wildman–Crippen MR) is 68.6 cm³/mol. The topological polar surface area (TPSA) is 41.1 Å². The van der Waals surface area contributed by atoms with E-state index in [9.17, 15) is 13.6 Å². The first-order valence-corrected chi connectivity index (χ1v) is 6.54. The summed E-state index contributed by atoms with van der Waals surface area (Å²) in [6, 6.07) is 2.92. The van der Waals surface area contributed by atoms with Crippen LogP contribution in [0, 0.1) is 11.6 Å². The summed E-state index contributed by atoms with van der Waals surface area (Å²) < 4.78 is 26.6. The van der Waals surface area contributed by atoms with E-state index < -0.39 is 17.7 Å². The number of halogens is 2. The number of carbonyl (C=O) groups is 1. The van der Waals surface area contributed by atoms with Crippen LogP contribution in [0.25, 0.3) is 0 Å². The molecule has 2 N–H and O–H groups in total. The Bertz CT molecular complexity index is 459. The Kier molecular flexibility index (Phi) is 4.47. The van der Waals surface area contributed by atoms with Crippen molar-refractivity contribution in [3.05, 3.63) is 35.4 Å². The number of rotatable bonds is 4. The van der Waals surface area contributed by atoms with Gasteiger partial charge in [-0.3, -0.25) is 4.79 Å². The zero-order chi connectivity index (χ0) is 13.8. The van der Waals surface area contributed by atoms with E-state index in [2.05, 4.69) is 10.6 Å². The van der Waals surface area contributed by atoms with Crippen molar-refractivity contribution in [2.75, 3.05) is 6.54 Å². The third-order valence-electron chi connectivity index (χ3n) is 3.40. The van der Waals surface area contributed by atoms with E-state index >= 15 is 0 Å². The lowest BCUT2D eigenvalue weighted by Crippen LogP contribution is -2.33. The third-order valence-corrected chi connectivity index (χ3v) is 3.40. The molecular formula is C14H18F2N2O. The summed E-state index contributed by atoms with van der Waals surface area (Å²) in [5.74, 6) is -1.15. The van der Waals surface area contributed by atoms with E-state index in [1.54, 1.807) is 6.92 Å². The Morgan fingerprint density at radius 3 is 3.00 bits per heavy atom. The fourth-order valence-corrected chi connectivity index (χ4v) is 2.38. The summed E-state index contributed by atoms with van der Waals surface area (Å²) in [4.78, 5) is 11.8. The molecule has 0 spiro atoms. The second-order valence-electron chi connectivity index (χ2n) is 4.95. The van der Waals surface area contributed by atoms with Gasteiger partial charge in [0.15, 0.2) is 0 Å². The summed E-state index contributed by atoms with van der Waals surface area (Å²) in [6.07, 6.45) is 2.43. The Hall–Kier alpha value is -1.49. The Labute approximate surface area is 111 Å². The van der Waals surface area contributed by atoms with Gasteiger partial charge in [0.2, 0.25) is 5.91 Å². The van der Waals surface area contributed by atoms with Gasteiger partial charge in [-0.15, -0.1) is 0 Å². The van der Waals surface area contributed by atoms with Gasteiger partial charge >= 0.3 is 0 Å². The molecule has 0 bridgehead atoms. The van der Waals surface area contributed by atoms with Crippen molar-refractivity contribution >= 4 is 5.91 Å². The van der Waals surface area contributed by atoms with Crippen molar-refractivity contribution in [1.29, 1.82) is 0 Å². The Morgan fingerprint density at radius 2 is 2.32 bits per heavy atom. The van der Waals surface area contributed by atoms with Crippen molar-refractivity contribution in [2.24, 2.45) is 0 Å². The first-order valence-electron chi connectivity index (χ1n) is 6.54. The molecule has 1 fully saturated rings. The van der Waals surface area contributed by atoms with Gasteiger partial charge in [-0.1, -0.05) is 0 Å². The van der Waals surface area contributed by atoms with Gasteiger partial charge in [-0.05, 0) is 44.5 Å². The van der Waals surface area contributed by atoms with Gasteiger partial charge in [0.05, 0.1) is 6.04 Å². The van der Waals surface area contributed by atoms with Crippen LogP contribution in [0.5, 0.6) is 0 Å². The maximum absolute atomic E-state index is 13.5. The summed E-state index contributed by atoms with van der Waals surface area (Å²) in [5, 5.41) is 5.93. The number of hydrogen-bond donors (Lipinski definition) is 2. The fraction of sp³-hybridized carbons (Fsp3) is 0.500. The van der Waals surface area contributed by atoms with Crippen molar-refractivity contribution in [1.82, 2.24) is 10.6 Å². The molecule has 1 saturated heterocycles.